The van der Waals surface area contributed by atoms with Crippen LogP contribution in [0.5, 0.6) is 0 Å². The van der Waals surface area contributed by atoms with E-state index in [4.69, 9.17) is 9.47 Å². The van der Waals surface area contributed by atoms with Gasteiger partial charge in [0.2, 0.25) is 0 Å². The van der Waals surface area contributed by atoms with E-state index in [2.05, 4.69) is 33.2 Å². The Hall–Kier alpha value is -3.10. The van der Waals surface area contributed by atoms with Crippen LogP contribution in [-0.2, 0) is 32.3 Å². The summed E-state index contributed by atoms with van der Waals surface area (Å²) < 4.78 is 43.6. The molecule has 0 spiro atoms. The molecule has 0 heterocycles. The lowest BCUT2D eigenvalue weighted by Crippen LogP contribution is -2.46. The van der Waals surface area contributed by atoms with Gasteiger partial charge in [-0.1, -0.05) is 89.9 Å². The van der Waals surface area contributed by atoms with Gasteiger partial charge in [0, 0.05) is 23.3 Å². The number of benzene rings is 2. The van der Waals surface area contributed by atoms with Gasteiger partial charge >= 0.3 is 11.9 Å². The lowest BCUT2D eigenvalue weighted by atomic mass is 9.68. The summed E-state index contributed by atoms with van der Waals surface area (Å²) in [6.45, 7) is 16.8. The van der Waals surface area contributed by atoms with Crippen LogP contribution in [0.15, 0.2) is 48.6 Å². The van der Waals surface area contributed by atoms with E-state index < -0.39 is 31.6 Å². The highest BCUT2D eigenvalue weighted by Crippen LogP contribution is 2.45. The fraction of sp³-hybridized carbons (Fsp3) is 0.591. The first-order valence-corrected chi connectivity index (χ1v) is 22.9. The molecule has 2 aromatic carbocycles. The van der Waals surface area contributed by atoms with E-state index in [9.17, 15) is 14.7 Å². The minimum absolute atomic E-state index is 0.0138. The number of esters is 2. The average Bonchev–Trinajstić information content (AvgIpc) is 3.13. The molecule has 8 heteroatoms. The summed E-state index contributed by atoms with van der Waals surface area (Å²) >= 11 is 0. The van der Waals surface area contributed by atoms with Crippen LogP contribution < -0.4 is 5.19 Å². The van der Waals surface area contributed by atoms with Gasteiger partial charge in [-0.2, -0.15) is 0 Å². The van der Waals surface area contributed by atoms with Gasteiger partial charge in [0.05, 0.1) is 8.07 Å². The molecule has 4 rings (SSSR count). The number of aliphatic hydroxyl groups is 1. The summed E-state index contributed by atoms with van der Waals surface area (Å²) in [5.74, 6) is -0.518. The normalized spacial score (nSPS) is 20.7. The number of hydrogen-bond donors (Lipinski definition) is 1. The number of rotatable bonds is 17. The van der Waals surface area contributed by atoms with Crippen molar-refractivity contribution in [2.24, 2.45) is 17.8 Å². The van der Waals surface area contributed by atoms with Gasteiger partial charge in [-0.15, -0.1) is 0 Å². The summed E-state index contributed by atoms with van der Waals surface area (Å²) in [6, 6.07) is 7.65. The van der Waals surface area contributed by atoms with Crippen molar-refractivity contribution in [2.75, 3.05) is 6.61 Å². The Labute approximate surface area is 312 Å². The van der Waals surface area contributed by atoms with Gasteiger partial charge < -0.3 is 14.6 Å². The average molecular weight is 737 g/mol. The number of halogens is 2. The van der Waals surface area contributed by atoms with Crippen LogP contribution in [0.4, 0.5) is 8.78 Å². The molecular weight excluding hydrogens is 675 g/mol. The van der Waals surface area contributed by atoms with Gasteiger partial charge in [-0.3, -0.25) is 0 Å². The Bertz CT molecular complexity index is 1520. The highest BCUT2D eigenvalue weighted by molar-refractivity contribution is 6.90. The molecule has 0 saturated heterocycles. The van der Waals surface area contributed by atoms with E-state index in [-0.39, 0.29) is 42.4 Å². The molecule has 0 radical (unpaired) electrons. The fourth-order valence-corrected chi connectivity index (χ4v) is 12.2. The van der Waals surface area contributed by atoms with Crippen molar-refractivity contribution in [1.82, 2.24) is 0 Å². The number of aliphatic hydroxyl groups excluding tert-OH is 1. The van der Waals surface area contributed by atoms with Crippen molar-refractivity contribution < 1.29 is 33.0 Å². The summed E-state index contributed by atoms with van der Waals surface area (Å²) in [5, 5.41) is 10.6. The smallest absolute Gasteiger partial charge is 0.333 e. The third-order valence-electron chi connectivity index (χ3n) is 11.8. The molecule has 0 aliphatic heterocycles. The largest absolute Gasteiger partial charge is 0.457 e. The second-order valence-electron chi connectivity index (χ2n) is 16.3. The van der Waals surface area contributed by atoms with Gasteiger partial charge in [0.25, 0.3) is 0 Å². The van der Waals surface area contributed by atoms with Gasteiger partial charge in [-0.05, 0) is 122 Å². The summed E-state index contributed by atoms with van der Waals surface area (Å²) in [7, 11) is -2.35. The zero-order chi connectivity index (χ0) is 38.0. The third-order valence-corrected chi connectivity index (χ3v) is 15.4. The zero-order valence-corrected chi connectivity index (χ0v) is 33.4. The first kappa shape index (κ1) is 41.6. The third kappa shape index (κ3) is 10.7. The monoisotopic (exact) mass is 736 g/mol. The first-order valence-electron chi connectivity index (χ1n) is 19.7. The van der Waals surface area contributed by atoms with Crippen LogP contribution in [0.1, 0.15) is 127 Å². The number of unbranched alkanes of at least 4 members (excludes halogenated alkanes) is 2. The SMILES string of the molecule is C=C(C)C(=O)OCc1cc(-c2ccc(C3CCC(C4CCC(CCCCC)CC4)CC3)c(F)c2F)cc(COC(=O)C(=C)C)c1[Si](C)(C)CCCO. The van der Waals surface area contributed by atoms with Crippen LogP contribution >= 0.6 is 0 Å². The second-order valence-corrected chi connectivity index (χ2v) is 21.1. The van der Waals surface area contributed by atoms with Crippen molar-refractivity contribution in [3.05, 3.63) is 76.9 Å². The molecule has 0 bridgehead atoms. The van der Waals surface area contributed by atoms with Crippen LogP contribution in [0.3, 0.4) is 0 Å². The second kappa shape index (κ2) is 19.3. The van der Waals surface area contributed by atoms with E-state index >= 15 is 8.78 Å². The molecule has 0 aromatic heterocycles. The Morgan fingerprint density at radius 3 is 1.85 bits per heavy atom. The maximum absolute atomic E-state index is 16.2. The van der Waals surface area contributed by atoms with Crippen molar-refractivity contribution in [2.45, 2.75) is 143 Å². The minimum Gasteiger partial charge on any atom is -0.457 e. The molecule has 0 atom stereocenters. The van der Waals surface area contributed by atoms with E-state index in [1.54, 1.807) is 38.1 Å². The van der Waals surface area contributed by atoms with Crippen LogP contribution in [0.25, 0.3) is 11.1 Å². The minimum atomic E-state index is -2.35. The van der Waals surface area contributed by atoms with E-state index in [1.165, 1.54) is 51.4 Å². The molecular formula is C44H62F2O5Si. The predicted octanol–water partition coefficient (Wildman–Crippen LogP) is 10.8. The Morgan fingerprint density at radius 2 is 1.35 bits per heavy atom. The van der Waals surface area contributed by atoms with E-state index in [0.29, 0.717) is 40.6 Å². The molecule has 2 saturated carbocycles. The van der Waals surface area contributed by atoms with Crippen molar-refractivity contribution >= 4 is 25.2 Å². The summed E-state index contributed by atoms with van der Waals surface area (Å²) in [6.07, 6.45) is 15.1. The fourth-order valence-electron chi connectivity index (χ4n) is 8.83. The van der Waals surface area contributed by atoms with Crippen LogP contribution in [0, 0.1) is 29.4 Å². The molecule has 0 amide bonds. The maximum Gasteiger partial charge on any atom is 0.333 e. The van der Waals surface area contributed by atoms with Crippen LogP contribution in [-0.4, -0.2) is 31.7 Å². The Balaban J connectivity index is 1.61. The van der Waals surface area contributed by atoms with Crippen LogP contribution in [0.2, 0.25) is 19.1 Å². The lowest BCUT2D eigenvalue weighted by Gasteiger charge is -2.38. The standard InChI is InChI=1S/C44H62F2O5Si/c1-8-9-10-12-31-13-15-32(16-14-31)33-17-19-34(20-18-33)38-21-22-39(41(46)40(38)45)35-25-36(27-50-43(48)29(2)3)42(52(6,7)24-11-23-47)37(26-35)28-51-44(49)30(4)5/h21-22,25-26,31-34,47H,2,4,8-20,23-24,27-28H2,1,3,5-7H3. The summed E-state index contributed by atoms with van der Waals surface area (Å²) in [5.41, 5.74) is 2.73. The lowest BCUT2D eigenvalue weighted by molar-refractivity contribution is -0.140. The molecule has 286 valence electrons. The van der Waals surface area contributed by atoms with Crippen molar-refractivity contribution in [3.63, 3.8) is 0 Å². The molecule has 0 unspecified atom stereocenters. The van der Waals surface area contributed by atoms with Gasteiger partial charge in [0.15, 0.2) is 11.6 Å². The number of hydrogen-bond acceptors (Lipinski definition) is 5. The topological polar surface area (TPSA) is 72.8 Å². The first-order chi connectivity index (χ1) is 24.8. The predicted molar refractivity (Wildman–Crippen MR) is 209 cm³/mol. The van der Waals surface area contributed by atoms with E-state index in [1.807, 2.05) is 0 Å². The molecule has 5 nitrogen and oxygen atoms in total. The molecule has 2 aromatic rings. The molecule has 2 aliphatic carbocycles. The molecule has 52 heavy (non-hydrogen) atoms. The maximum atomic E-state index is 16.2. The molecule has 1 N–H and O–H groups in total. The highest BCUT2D eigenvalue weighted by Gasteiger charge is 2.34. The Morgan fingerprint density at radius 1 is 0.808 bits per heavy atom. The zero-order valence-electron chi connectivity index (χ0n) is 32.4. The molecule has 2 fully saturated rings. The Kier molecular flexibility index (Phi) is 15.5. The number of carbonyl (C=O) groups excluding carboxylic acids is 2. The van der Waals surface area contributed by atoms with E-state index in [0.717, 1.165) is 42.7 Å². The number of ether oxygens (including phenoxy) is 2. The molecule has 2 aliphatic rings. The van der Waals surface area contributed by atoms with Crippen molar-refractivity contribution in [3.8, 4) is 11.1 Å². The van der Waals surface area contributed by atoms with Gasteiger partial charge in [-0.25, -0.2) is 18.4 Å². The number of carbonyl (C=O) groups is 2. The van der Waals surface area contributed by atoms with Gasteiger partial charge in [0.1, 0.15) is 13.2 Å². The summed E-state index contributed by atoms with van der Waals surface area (Å²) in [4.78, 5) is 25.0. The quantitative estimate of drug-likeness (QED) is 0.0758. The van der Waals surface area contributed by atoms with Crippen molar-refractivity contribution in [1.29, 1.82) is 0 Å². The highest BCUT2D eigenvalue weighted by atomic mass is 28.3.